The molecule has 1 fully saturated rings. The maximum atomic E-state index is 12.5. The van der Waals surface area contributed by atoms with Crippen LogP contribution in [0.5, 0.6) is 0 Å². The highest BCUT2D eigenvalue weighted by Crippen LogP contribution is 2.23. The second-order valence-electron chi connectivity index (χ2n) is 7.16. The van der Waals surface area contributed by atoms with Crippen molar-refractivity contribution in [3.8, 4) is 0 Å². The molecule has 1 aliphatic rings. The first-order chi connectivity index (χ1) is 13.7. The minimum Gasteiger partial charge on any atom is -0.419 e. The van der Waals surface area contributed by atoms with Crippen molar-refractivity contribution in [2.24, 2.45) is 0 Å². The lowest BCUT2D eigenvalue weighted by Gasteiger charge is -2.29. The van der Waals surface area contributed by atoms with Crippen LogP contribution in [0.3, 0.4) is 0 Å². The van der Waals surface area contributed by atoms with Crippen molar-refractivity contribution in [1.29, 1.82) is 0 Å². The largest absolute Gasteiger partial charge is 0.419 e. The third kappa shape index (κ3) is 4.63. The van der Waals surface area contributed by atoms with Crippen molar-refractivity contribution in [1.82, 2.24) is 0 Å². The molecule has 0 unspecified atom stereocenters. The smallest absolute Gasteiger partial charge is 0.350 e. The van der Waals surface area contributed by atoms with E-state index in [1.807, 2.05) is 32.0 Å². The highest BCUT2D eigenvalue weighted by atomic mass is 16.7. The Kier molecular flexibility index (Phi) is 5.41. The Morgan fingerprint density at radius 2 is 1.59 bits per heavy atom. The number of amides is 1. The van der Waals surface area contributed by atoms with Crippen LogP contribution in [0.1, 0.15) is 35.3 Å². The van der Waals surface area contributed by atoms with Crippen molar-refractivity contribution in [2.45, 2.75) is 33.5 Å². The second kappa shape index (κ2) is 7.79. The lowest BCUT2D eigenvalue weighted by molar-refractivity contribution is -0.222. The van der Waals surface area contributed by atoms with Crippen LogP contribution < -0.4 is 10.6 Å². The summed E-state index contributed by atoms with van der Waals surface area (Å²) in [5, 5.41) is 5.74. The molecule has 1 aliphatic heterocycles. The molecule has 0 aliphatic carbocycles. The molecule has 2 aromatic carbocycles. The topological polar surface area (TPSA) is 93.7 Å². The second-order valence-corrected chi connectivity index (χ2v) is 7.16. The summed E-state index contributed by atoms with van der Waals surface area (Å²) in [4.78, 5) is 36.3. The molecule has 7 heteroatoms. The molecule has 0 bridgehead atoms. The van der Waals surface area contributed by atoms with Gasteiger partial charge in [-0.15, -0.1) is 0 Å². The van der Waals surface area contributed by atoms with E-state index in [0.717, 1.165) is 16.8 Å². The van der Waals surface area contributed by atoms with Crippen LogP contribution in [0.15, 0.2) is 54.2 Å². The molecular weight excluding hydrogens is 372 g/mol. The average Bonchev–Trinajstić information content (AvgIpc) is 2.64. The van der Waals surface area contributed by atoms with E-state index >= 15 is 0 Å². The number of cyclic esters (lactones) is 2. The molecule has 0 atom stereocenters. The van der Waals surface area contributed by atoms with E-state index in [2.05, 4.69) is 10.6 Å². The summed E-state index contributed by atoms with van der Waals surface area (Å²) in [7, 11) is 0. The van der Waals surface area contributed by atoms with E-state index in [4.69, 9.17) is 9.47 Å². The van der Waals surface area contributed by atoms with E-state index in [1.54, 1.807) is 24.3 Å². The molecule has 0 radical (unpaired) electrons. The summed E-state index contributed by atoms with van der Waals surface area (Å²) < 4.78 is 10.1. The van der Waals surface area contributed by atoms with E-state index in [0.29, 0.717) is 11.3 Å². The predicted octanol–water partition coefficient (Wildman–Crippen LogP) is 3.69. The van der Waals surface area contributed by atoms with E-state index in [9.17, 15) is 14.4 Å². The zero-order valence-corrected chi connectivity index (χ0v) is 16.7. The number of esters is 2. The summed E-state index contributed by atoms with van der Waals surface area (Å²) in [6, 6.07) is 12.3. The van der Waals surface area contributed by atoms with Crippen molar-refractivity contribution in [3.05, 3.63) is 70.9 Å². The zero-order chi connectivity index (χ0) is 21.2. The maximum absolute atomic E-state index is 12.5. The fraction of sp³-hybridized carbons (Fsp3) is 0.227. The lowest BCUT2D eigenvalue weighted by Crippen LogP contribution is -2.42. The SMILES string of the molecule is Cc1cccc(NC(=O)c2ccc(NC=C3C(=O)OC(C)(C)OC3=O)cc2)c1C. The number of hydrogen-bond acceptors (Lipinski definition) is 6. The van der Waals surface area contributed by atoms with Gasteiger partial charge in [-0.2, -0.15) is 0 Å². The molecule has 1 saturated heterocycles. The first-order valence-corrected chi connectivity index (χ1v) is 9.07. The quantitative estimate of drug-likeness (QED) is 0.467. The van der Waals surface area contributed by atoms with Gasteiger partial charge in [0.1, 0.15) is 0 Å². The first-order valence-electron chi connectivity index (χ1n) is 9.07. The molecule has 150 valence electrons. The molecule has 0 saturated carbocycles. The standard InChI is InChI=1S/C22H22N2O5/c1-13-6-5-7-18(14(13)2)24-19(25)15-8-10-16(11-9-15)23-12-17-20(26)28-22(3,4)29-21(17)27/h5-12,23H,1-4H3,(H,24,25). The average molecular weight is 394 g/mol. The van der Waals surface area contributed by atoms with Gasteiger partial charge in [0.2, 0.25) is 0 Å². The Balaban J connectivity index is 1.67. The van der Waals surface area contributed by atoms with E-state index in [-0.39, 0.29) is 11.5 Å². The van der Waals surface area contributed by atoms with E-state index in [1.165, 1.54) is 20.0 Å². The number of anilines is 2. The minimum atomic E-state index is -1.28. The Labute approximate surface area is 168 Å². The van der Waals surface area contributed by atoms with Gasteiger partial charge >= 0.3 is 11.9 Å². The van der Waals surface area contributed by atoms with Crippen molar-refractivity contribution in [3.63, 3.8) is 0 Å². The Morgan fingerprint density at radius 3 is 2.21 bits per heavy atom. The van der Waals surface area contributed by atoms with Gasteiger partial charge in [-0.05, 0) is 55.3 Å². The fourth-order valence-electron chi connectivity index (χ4n) is 2.73. The van der Waals surface area contributed by atoms with Crippen molar-refractivity contribution >= 4 is 29.2 Å². The van der Waals surface area contributed by atoms with E-state index < -0.39 is 17.7 Å². The molecule has 1 heterocycles. The highest BCUT2D eigenvalue weighted by Gasteiger charge is 2.38. The molecule has 0 aromatic heterocycles. The molecule has 1 amide bonds. The fourth-order valence-corrected chi connectivity index (χ4v) is 2.73. The van der Waals surface area contributed by atoms with Crippen LogP contribution in [0.25, 0.3) is 0 Å². The Morgan fingerprint density at radius 1 is 0.966 bits per heavy atom. The number of carbonyl (C=O) groups is 3. The first kappa shape index (κ1) is 20.1. The van der Waals surface area contributed by atoms with Gasteiger partial charge < -0.3 is 20.1 Å². The van der Waals surface area contributed by atoms with Gasteiger partial charge in [0.05, 0.1) is 0 Å². The van der Waals surface area contributed by atoms with Crippen molar-refractivity contribution in [2.75, 3.05) is 10.6 Å². The summed E-state index contributed by atoms with van der Waals surface area (Å²) in [5.74, 6) is -3.03. The number of ether oxygens (including phenoxy) is 2. The Bertz CT molecular complexity index is 984. The molecule has 2 aromatic rings. The summed E-state index contributed by atoms with van der Waals surface area (Å²) in [5.41, 5.74) is 3.70. The lowest BCUT2D eigenvalue weighted by atomic mass is 10.1. The van der Waals surface area contributed by atoms with Crippen LogP contribution >= 0.6 is 0 Å². The monoisotopic (exact) mass is 394 g/mol. The van der Waals surface area contributed by atoms with Gasteiger partial charge in [0.25, 0.3) is 11.7 Å². The number of aryl methyl sites for hydroxylation is 1. The van der Waals surface area contributed by atoms with Crippen LogP contribution in [-0.4, -0.2) is 23.6 Å². The van der Waals surface area contributed by atoms with Crippen molar-refractivity contribution < 1.29 is 23.9 Å². The molecule has 0 spiro atoms. The summed E-state index contributed by atoms with van der Waals surface area (Å²) in [6.45, 7) is 6.90. The Hall–Kier alpha value is -3.61. The molecule has 3 rings (SSSR count). The van der Waals surface area contributed by atoms with Crippen LogP contribution in [0, 0.1) is 13.8 Å². The predicted molar refractivity (Wildman–Crippen MR) is 108 cm³/mol. The van der Waals surface area contributed by atoms with Crippen LogP contribution in [-0.2, 0) is 19.1 Å². The number of hydrogen-bond donors (Lipinski definition) is 2. The maximum Gasteiger partial charge on any atom is 0.350 e. The normalized spacial score (nSPS) is 15.2. The number of carbonyl (C=O) groups excluding carboxylic acids is 3. The summed E-state index contributed by atoms with van der Waals surface area (Å²) in [6.07, 6.45) is 1.23. The van der Waals surface area contributed by atoms with Gasteiger partial charge in [-0.25, -0.2) is 9.59 Å². The molecule has 29 heavy (non-hydrogen) atoms. The zero-order valence-electron chi connectivity index (χ0n) is 16.7. The number of nitrogens with one attached hydrogen (secondary N) is 2. The van der Waals surface area contributed by atoms with Gasteiger partial charge in [-0.1, -0.05) is 12.1 Å². The highest BCUT2D eigenvalue weighted by molar-refractivity contribution is 6.15. The summed E-state index contributed by atoms with van der Waals surface area (Å²) >= 11 is 0. The third-order valence-electron chi connectivity index (χ3n) is 4.50. The minimum absolute atomic E-state index is 0.231. The van der Waals surface area contributed by atoms with Crippen LogP contribution in [0.2, 0.25) is 0 Å². The van der Waals surface area contributed by atoms with Gasteiger partial charge in [-0.3, -0.25) is 4.79 Å². The van der Waals surface area contributed by atoms with Gasteiger partial charge in [0, 0.05) is 37.0 Å². The number of rotatable bonds is 4. The molecule has 7 nitrogen and oxygen atoms in total. The molecule has 2 N–H and O–H groups in total. The van der Waals surface area contributed by atoms with Gasteiger partial charge in [0.15, 0.2) is 5.57 Å². The number of benzene rings is 2. The van der Waals surface area contributed by atoms with Crippen LogP contribution in [0.4, 0.5) is 11.4 Å². The molecular formula is C22H22N2O5. The third-order valence-corrected chi connectivity index (χ3v) is 4.50.